The SMILES string of the molecule is Cc1cccc(C(=O)N[C@H](C)C(=O)N(C)Cc2ccc(N(C)C)cc2)c1. The van der Waals surface area contributed by atoms with Crippen LogP contribution in [0.15, 0.2) is 48.5 Å². The van der Waals surface area contributed by atoms with Crippen LogP contribution in [0.2, 0.25) is 0 Å². The summed E-state index contributed by atoms with van der Waals surface area (Å²) in [6.45, 7) is 4.14. The summed E-state index contributed by atoms with van der Waals surface area (Å²) in [6, 6.07) is 14.8. The molecule has 2 rings (SSSR count). The Morgan fingerprint density at radius 1 is 1.04 bits per heavy atom. The van der Waals surface area contributed by atoms with Crippen LogP contribution < -0.4 is 10.2 Å². The second-order valence-electron chi connectivity index (χ2n) is 6.82. The van der Waals surface area contributed by atoms with Crippen molar-refractivity contribution in [2.45, 2.75) is 26.4 Å². The molecule has 0 bridgehead atoms. The van der Waals surface area contributed by atoms with Crippen LogP contribution in [0.1, 0.15) is 28.4 Å². The van der Waals surface area contributed by atoms with Crippen molar-refractivity contribution in [2.75, 3.05) is 26.0 Å². The third-order valence-electron chi connectivity index (χ3n) is 4.25. The van der Waals surface area contributed by atoms with Gasteiger partial charge in [-0.3, -0.25) is 9.59 Å². The molecule has 0 saturated heterocycles. The van der Waals surface area contributed by atoms with Crippen molar-refractivity contribution in [3.05, 3.63) is 65.2 Å². The van der Waals surface area contributed by atoms with E-state index >= 15 is 0 Å². The monoisotopic (exact) mass is 353 g/mol. The summed E-state index contributed by atoms with van der Waals surface area (Å²) in [6.07, 6.45) is 0. The van der Waals surface area contributed by atoms with Gasteiger partial charge in [-0.2, -0.15) is 0 Å². The number of hydrogen-bond acceptors (Lipinski definition) is 3. The predicted molar refractivity (Wildman–Crippen MR) is 105 cm³/mol. The van der Waals surface area contributed by atoms with E-state index < -0.39 is 6.04 Å². The number of amides is 2. The van der Waals surface area contributed by atoms with Crippen LogP contribution in [0.5, 0.6) is 0 Å². The lowest BCUT2D eigenvalue weighted by atomic mass is 10.1. The molecule has 1 atom stereocenters. The van der Waals surface area contributed by atoms with Crippen LogP contribution in [-0.2, 0) is 11.3 Å². The predicted octanol–water partition coefficient (Wildman–Crippen LogP) is 2.84. The Morgan fingerprint density at radius 3 is 2.27 bits per heavy atom. The number of benzene rings is 2. The Hall–Kier alpha value is -2.82. The van der Waals surface area contributed by atoms with Crippen molar-refractivity contribution in [1.29, 1.82) is 0 Å². The number of anilines is 1. The number of aryl methyl sites for hydroxylation is 1. The molecule has 138 valence electrons. The lowest BCUT2D eigenvalue weighted by Crippen LogP contribution is -2.45. The maximum atomic E-state index is 12.6. The van der Waals surface area contributed by atoms with Gasteiger partial charge in [-0.05, 0) is 43.7 Å². The lowest BCUT2D eigenvalue weighted by Gasteiger charge is -2.22. The summed E-state index contributed by atoms with van der Waals surface area (Å²) in [5.74, 6) is -0.360. The average Bonchev–Trinajstić information content (AvgIpc) is 2.61. The van der Waals surface area contributed by atoms with Crippen LogP contribution in [0.25, 0.3) is 0 Å². The minimum Gasteiger partial charge on any atom is -0.378 e. The summed E-state index contributed by atoms with van der Waals surface area (Å²) >= 11 is 0. The van der Waals surface area contributed by atoms with E-state index in [1.807, 2.05) is 68.4 Å². The van der Waals surface area contributed by atoms with Gasteiger partial charge in [0, 0.05) is 38.9 Å². The summed E-state index contributed by atoms with van der Waals surface area (Å²) in [4.78, 5) is 28.5. The molecular weight excluding hydrogens is 326 g/mol. The quantitative estimate of drug-likeness (QED) is 0.869. The molecule has 0 spiro atoms. The van der Waals surface area contributed by atoms with Gasteiger partial charge in [0.05, 0.1) is 0 Å². The maximum Gasteiger partial charge on any atom is 0.251 e. The normalized spacial score (nSPS) is 11.6. The molecule has 5 nitrogen and oxygen atoms in total. The molecule has 26 heavy (non-hydrogen) atoms. The van der Waals surface area contributed by atoms with Crippen LogP contribution >= 0.6 is 0 Å². The molecule has 0 saturated carbocycles. The maximum absolute atomic E-state index is 12.6. The van der Waals surface area contributed by atoms with Crippen LogP contribution in [0.4, 0.5) is 5.69 Å². The molecule has 2 aromatic rings. The summed E-state index contributed by atoms with van der Waals surface area (Å²) < 4.78 is 0. The molecule has 0 aliphatic rings. The number of likely N-dealkylation sites (N-methyl/N-ethyl adjacent to an activating group) is 1. The summed E-state index contributed by atoms with van der Waals surface area (Å²) in [5.41, 5.74) is 3.73. The molecule has 0 aliphatic heterocycles. The van der Waals surface area contributed by atoms with Crippen LogP contribution in [0, 0.1) is 6.92 Å². The molecule has 0 aliphatic carbocycles. The zero-order valence-electron chi connectivity index (χ0n) is 16.1. The van der Waals surface area contributed by atoms with Crippen molar-refractivity contribution < 1.29 is 9.59 Å². The Kier molecular flexibility index (Phi) is 6.39. The van der Waals surface area contributed by atoms with E-state index in [1.165, 1.54) is 0 Å². The zero-order chi connectivity index (χ0) is 19.3. The Morgan fingerprint density at radius 2 is 1.69 bits per heavy atom. The van der Waals surface area contributed by atoms with Crippen LogP contribution in [-0.4, -0.2) is 43.9 Å². The first-order valence-electron chi connectivity index (χ1n) is 8.66. The largest absolute Gasteiger partial charge is 0.378 e. The second kappa shape index (κ2) is 8.52. The number of nitrogens with zero attached hydrogens (tertiary/aromatic N) is 2. The van der Waals surface area contributed by atoms with Gasteiger partial charge in [0.25, 0.3) is 5.91 Å². The molecule has 0 aromatic heterocycles. The van der Waals surface area contributed by atoms with Crippen molar-refractivity contribution in [3.63, 3.8) is 0 Å². The minimum absolute atomic E-state index is 0.123. The van der Waals surface area contributed by atoms with Gasteiger partial charge in [-0.25, -0.2) is 0 Å². The summed E-state index contributed by atoms with van der Waals surface area (Å²) in [7, 11) is 5.73. The molecule has 0 unspecified atom stereocenters. The lowest BCUT2D eigenvalue weighted by molar-refractivity contribution is -0.132. The first-order valence-corrected chi connectivity index (χ1v) is 8.66. The summed E-state index contributed by atoms with van der Waals surface area (Å²) in [5, 5.41) is 2.78. The van der Waals surface area contributed by atoms with Crippen molar-refractivity contribution in [2.24, 2.45) is 0 Å². The molecule has 5 heteroatoms. The van der Waals surface area contributed by atoms with E-state index in [0.717, 1.165) is 16.8 Å². The highest BCUT2D eigenvalue weighted by Crippen LogP contribution is 2.13. The fourth-order valence-electron chi connectivity index (χ4n) is 2.71. The Labute approximate surface area is 155 Å². The third-order valence-corrected chi connectivity index (χ3v) is 4.25. The molecule has 0 fully saturated rings. The molecule has 2 aromatic carbocycles. The van der Waals surface area contributed by atoms with Gasteiger partial charge in [0.1, 0.15) is 6.04 Å². The zero-order valence-corrected chi connectivity index (χ0v) is 16.1. The van der Waals surface area contributed by atoms with E-state index in [4.69, 9.17) is 0 Å². The Bertz CT molecular complexity index is 769. The van der Waals surface area contributed by atoms with E-state index in [1.54, 1.807) is 24.9 Å². The van der Waals surface area contributed by atoms with Gasteiger partial charge < -0.3 is 15.1 Å². The van der Waals surface area contributed by atoms with Gasteiger partial charge in [0.15, 0.2) is 0 Å². The molecule has 2 amide bonds. The van der Waals surface area contributed by atoms with E-state index in [2.05, 4.69) is 5.32 Å². The topological polar surface area (TPSA) is 52.7 Å². The second-order valence-corrected chi connectivity index (χ2v) is 6.82. The number of carbonyl (C=O) groups excluding carboxylic acids is 2. The van der Waals surface area contributed by atoms with Crippen molar-refractivity contribution >= 4 is 17.5 Å². The highest BCUT2D eigenvalue weighted by atomic mass is 16.2. The molecule has 0 heterocycles. The van der Waals surface area contributed by atoms with E-state index in [9.17, 15) is 9.59 Å². The average molecular weight is 353 g/mol. The highest BCUT2D eigenvalue weighted by Gasteiger charge is 2.20. The fraction of sp³-hybridized carbons (Fsp3) is 0.333. The van der Waals surface area contributed by atoms with Gasteiger partial charge in [0.2, 0.25) is 5.91 Å². The number of carbonyl (C=O) groups is 2. The smallest absolute Gasteiger partial charge is 0.251 e. The number of rotatable bonds is 6. The van der Waals surface area contributed by atoms with Gasteiger partial charge in [-0.1, -0.05) is 29.8 Å². The fourth-order valence-corrected chi connectivity index (χ4v) is 2.71. The molecular formula is C21H27N3O2. The van der Waals surface area contributed by atoms with E-state index in [-0.39, 0.29) is 11.8 Å². The number of hydrogen-bond donors (Lipinski definition) is 1. The van der Waals surface area contributed by atoms with E-state index in [0.29, 0.717) is 12.1 Å². The molecule has 1 N–H and O–H groups in total. The Balaban J connectivity index is 1.95. The first kappa shape index (κ1) is 19.5. The van der Waals surface area contributed by atoms with Crippen molar-refractivity contribution in [1.82, 2.24) is 10.2 Å². The molecule has 0 radical (unpaired) electrons. The minimum atomic E-state index is -0.589. The highest BCUT2D eigenvalue weighted by molar-refractivity contribution is 5.97. The first-order chi connectivity index (χ1) is 12.3. The van der Waals surface area contributed by atoms with Crippen molar-refractivity contribution in [3.8, 4) is 0 Å². The van der Waals surface area contributed by atoms with Gasteiger partial charge in [-0.15, -0.1) is 0 Å². The van der Waals surface area contributed by atoms with Crippen LogP contribution in [0.3, 0.4) is 0 Å². The number of nitrogens with one attached hydrogen (secondary N) is 1. The van der Waals surface area contributed by atoms with Gasteiger partial charge >= 0.3 is 0 Å². The third kappa shape index (κ3) is 5.09. The standard InChI is InChI=1S/C21H27N3O2/c1-15-7-6-8-18(13-15)20(25)22-16(2)21(26)24(5)14-17-9-11-19(12-10-17)23(3)4/h6-13,16H,14H2,1-5H3,(H,22,25)/t16-/m1/s1.